The first-order valence-corrected chi connectivity index (χ1v) is 28.4. The van der Waals surface area contributed by atoms with Crippen LogP contribution in [0, 0.1) is 11.8 Å². The van der Waals surface area contributed by atoms with Gasteiger partial charge in [-0.3, -0.25) is 43.2 Å². The van der Waals surface area contributed by atoms with Crippen molar-refractivity contribution >= 4 is 59.3 Å². The van der Waals surface area contributed by atoms with E-state index in [1.807, 2.05) is 55.5 Å². The van der Waals surface area contributed by atoms with Gasteiger partial charge in [-0.05, 0) is 111 Å². The number of fused-ring (bicyclic) bond motifs is 3. The van der Waals surface area contributed by atoms with Gasteiger partial charge in [-0.2, -0.15) is 0 Å². The van der Waals surface area contributed by atoms with E-state index in [1.165, 1.54) is 30.9 Å². The molecule has 14 N–H and O–H groups in total. The van der Waals surface area contributed by atoms with Crippen LogP contribution in [0.1, 0.15) is 122 Å². The number of nitrogens with zero attached hydrogens (tertiary/aromatic N) is 1. The summed E-state index contributed by atoms with van der Waals surface area (Å²) in [7, 11) is 0. The van der Waals surface area contributed by atoms with Crippen molar-refractivity contribution in [2.24, 2.45) is 23.3 Å². The Hall–Kier alpha value is -8.12. The number of phenolic OH excluding ortho intramolecular Hbond substituents is 1. The zero-order valence-corrected chi connectivity index (χ0v) is 48.3. The van der Waals surface area contributed by atoms with E-state index in [9.17, 15) is 58.2 Å². The molecule has 2 aliphatic rings. The van der Waals surface area contributed by atoms with Crippen LogP contribution in [0.2, 0.25) is 0 Å². The third-order valence-corrected chi connectivity index (χ3v) is 14.7. The molecular formula is C59H83N11O13. The summed E-state index contributed by atoms with van der Waals surface area (Å²) in [5.74, 6) is -8.95. The Kier molecular flexibility index (Phi) is 24.8. The Labute approximate surface area is 484 Å². The number of hydrogen-bond donors (Lipinski definition) is 12. The second-order valence-electron chi connectivity index (χ2n) is 21.9. The van der Waals surface area contributed by atoms with Crippen LogP contribution in [-0.4, -0.2) is 149 Å². The lowest BCUT2D eigenvalue weighted by atomic mass is 9.98. The van der Waals surface area contributed by atoms with Gasteiger partial charge < -0.3 is 73.9 Å². The van der Waals surface area contributed by atoms with Gasteiger partial charge in [0, 0.05) is 18.9 Å². The maximum atomic E-state index is 14.1. The highest BCUT2D eigenvalue weighted by molar-refractivity contribution is 5.99. The van der Waals surface area contributed by atoms with Crippen LogP contribution in [0.15, 0.2) is 72.8 Å². The monoisotopic (exact) mass is 1150 g/mol. The number of carboxylic acid groups (broad SMARTS) is 1. The highest BCUT2D eigenvalue weighted by atomic mass is 16.5. The number of aliphatic carboxylic acids is 1. The number of carboxylic acids is 1. The second kappa shape index (κ2) is 31.4. The lowest BCUT2D eigenvalue weighted by Gasteiger charge is -2.30. The third kappa shape index (κ3) is 18.7. The van der Waals surface area contributed by atoms with Crippen molar-refractivity contribution in [3.8, 4) is 16.9 Å². The molecule has 9 amide bonds. The van der Waals surface area contributed by atoms with E-state index in [2.05, 4.69) is 42.5 Å². The molecule has 3 aromatic rings. The smallest absolute Gasteiger partial charge is 0.407 e. The van der Waals surface area contributed by atoms with Gasteiger partial charge in [-0.25, -0.2) is 4.79 Å². The van der Waals surface area contributed by atoms with Crippen molar-refractivity contribution in [1.82, 2.24) is 47.4 Å². The molecule has 24 nitrogen and oxygen atoms in total. The number of carbonyl (C=O) groups is 10. The first kappa shape index (κ1) is 65.7. The number of benzene rings is 3. The normalized spacial score (nSPS) is 16.5. The number of aromatic hydroxyl groups is 1. The molecule has 24 heteroatoms. The fourth-order valence-corrected chi connectivity index (χ4v) is 10.1. The van der Waals surface area contributed by atoms with Gasteiger partial charge in [0.1, 0.15) is 60.7 Å². The summed E-state index contributed by atoms with van der Waals surface area (Å²) in [6.07, 6.45) is 0.729. The molecule has 1 aliphatic heterocycles. The molecule has 0 spiro atoms. The number of hydrogen-bond acceptors (Lipinski definition) is 14. The van der Waals surface area contributed by atoms with Crippen molar-refractivity contribution in [3.63, 3.8) is 0 Å². The van der Waals surface area contributed by atoms with E-state index >= 15 is 0 Å². The van der Waals surface area contributed by atoms with Crippen molar-refractivity contribution in [1.29, 1.82) is 0 Å². The number of nitrogens with one attached hydrogen (secondary N) is 8. The maximum Gasteiger partial charge on any atom is 0.407 e. The largest absolute Gasteiger partial charge is 0.508 e. The highest BCUT2D eigenvalue weighted by Crippen LogP contribution is 2.44. The number of unbranched alkanes of at least 4 members (excludes halogenated alkanes) is 1. The Balaban J connectivity index is 1.19. The number of rotatable bonds is 30. The van der Waals surface area contributed by atoms with Crippen molar-refractivity contribution in [2.45, 2.75) is 167 Å². The van der Waals surface area contributed by atoms with Crippen LogP contribution >= 0.6 is 0 Å². The van der Waals surface area contributed by atoms with Gasteiger partial charge in [0.15, 0.2) is 0 Å². The van der Waals surface area contributed by atoms with Crippen molar-refractivity contribution < 1.29 is 62.9 Å². The molecule has 0 aromatic heterocycles. The van der Waals surface area contributed by atoms with E-state index in [-0.39, 0.29) is 44.1 Å². The number of carbonyl (C=O) groups excluding carboxylic acids is 9. The first-order valence-electron chi connectivity index (χ1n) is 28.4. The van der Waals surface area contributed by atoms with Gasteiger partial charge in [0.2, 0.25) is 47.3 Å². The third-order valence-electron chi connectivity index (χ3n) is 14.7. The van der Waals surface area contributed by atoms with Gasteiger partial charge in [-0.15, -0.1) is 0 Å². The predicted molar refractivity (Wildman–Crippen MR) is 307 cm³/mol. The molecule has 0 bridgehead atoms. The number of nitrogens with two attached hydrogens (primary N) is 2. The van der Waals surface area contributed by atoms with Crippen molar-refractivity contribution in [3.05, 3.63) is 89.5 Å². The van der Waals surface area contributed by atoms with Gasteiger partial charge in [0.25, 0.3) is 0 Å². The van der Waals surface area contributed by atoms with Crippen molar-refractivity contribution in [2.75, 3.05) is 19.7 Å². The van der Waals surface area contributed by atoms with Gasteiger partial charge in [-0.1, -0.05) is 102 Å². The molecule has 1 saturated heterocycles. The summed E-state index contributed by atoms with van der Waals surface area (Å²) < 4.78 is 5.74. The maximum absolute atomic E-state index is 14.1. The molecule has 1 fully saturated rings. The molecule has 452 valence electrons. The molecule has 1 aliphatic carbocycles. The molecule has 1 unspecified atom stereocenters. The van der Waals surface area contributed by atoms with E-state index in [0.717, 1.165) is 28.7 Å². The molecule has 83 heavy (non-hydrogen) atoms. The van der Waals surface area contributed by atoms with Crippen LogP contribution in [0.4, 0.5) is 4.79 Å². The van der Waals surface area contributed by atoms with Crippen LogP contribution in [0.25, 0.3) is 11.1 Å². The Morgan fingerprint density at radius 3 is 1.77 bits per heavy atom. The number of amides is 9. The average molecular weight is 1150 g/mol. The molecule has 9 atom stereocenters. The summed E-state index contributed by atoms with van der Waals surface area (Å²) in [6.45, 7) is 11.6. The van der Waals surface area contributed by atoms with E-state index < -0.39 is 132 Å². The van der Waals surface area contributed by atoms with Crippen LogP contribution in [0.3, 0.4) is 0 Å². The topological polar surface area (TPSA) is 372 Å². The van der Waals surface area contributed by atoms with Crippen LogP contribution in [-0.2, 0) is 54.3 Å². The minimum Gasteiger partial charge on any atom is -0.508 e. The molecule has 3 aromatic carbocycles. The minimum absolute atomic E-state index is 0.0251. The Morgan fingerprint density at radius 2 is 1.18 bits per heavy atom. The van der Waals surface area contributed by atoms with Crippen LogP contribution < -0.4 is 54.0 Å². The zero-order chi connectivity index (χ0) is 61.1. The number of phenols is 1. The van der Waals surface area contributed by atoms with Crippen LogP contribution in [0.5, 0.6) is 5.75 Å². The van der Waals surface area contributed by atoms with E-state index in [1.54, 1.807) is 39.8 Å². The summed E-state index contributed by atoms with van der Waals surface area (Å²) in [5, 5.41) is 40.5. The lowest BCUT2D eigenvalue weighted by Crippen LogP contribution is -2.60. The van der Waals surface area contributed by atoms with Gasteiger partial charge in [0.05, 0.1) is 12.6 Å². The van der Waals surface area contributed by atoms with E-state index in [4.69, 9.17) is 16.2 Å². The Bertz CT molecular complexity index is 2730. The molecule has 1 heterocycles. The molecule has 0 saturated carbocycles. The lowest BCUT2D eigenvalue weighted by molar-refractivity contribution is -0.143. The van der Waals surface area contributed by atoms with Gasteiger partial charge >= 0.3 is 12.1 Å². The summed E-state index contributed by atoms with van der Waals surface area (Å²) in [5.41, 5.74) is 16.3. The quantitative estimate of drug-likeness (QED) is 0.0335. The standard InChI is InChI=1S/C59H83N11O13/c1-8-16-47(61)67-52(75)43(21-13-14-27-60)64-57(80)50(33(4)5)69-55(78)46-22-15-28-70(46)58(81)35(7)63-53(76)45(30-48(72)73)65-51(74)34(6)62-56(79)49(32(2)3)68-54(77)44(29-36-23-25-37(71)26-24-36)66-59(82)83-31-42-40-19-11-9-17-38(40)39-18-10-12-20-41(39)42/h9-12,17-20,23-26,32-35,42-47,49-50,71H,8,13-16,21-22,27-31,60-61H2,1-7H3,(H,62,79)(H,63,76)(H,64,80)(H,65,74)(H,66,82)(H,67,75)(H,68,77)(H,69,78)(H,72,73)/t34-,35-,43-,44-,45-,46-,47?,49-,50-/m0/s1. The summed E-state index contributed by atoms with van der Waals surface area (Å²) in [6, 6.07) is 11.3. The average Bonchev–Trinajstić information content (AvgIpc) is 3.03. The first-order chi connectivity index (χ1) is 39.4. The van der Waals surface area contributed by atoms with E-state index in [0.29, 0.717) is 37.8 Å². The summed E-state index contributed by atoms with van der Waals surface area (Å²) in [4.78, 5) is 137. The molecular weight excluding hydrogens is 1070 g/mol. The Morgan fingerprint density at radius 1 is 0.627 bits per heavy atom. The summed E-state index contributed by atoms with van der Waals surface area (Å²) >= 11 is 0. The number of alkyl carbamates (subject to hydrolysis) is 1. The minimum atomic E-state index is -1.76. The number of ether oxygens (including phenoxy) is 1. The fraction of sp³-hybridized carbons (Fsp3) is 0.525. The predicted octanol–water partition coefficient (Wildman–Crippen LogP) is 1.90. The molecule has 0 radical (unpaired) electrons. The molecule has 5 rings (SSSR count). The number of likely N-dealkylation sites (tertiary alicyclic amines) is 1. The second-order valence-corrected chi connectivity index (χ2v) is 21.9. The highest BCUT2D eigenvalue weighted by Gasteiger charge is 2.40. The fourth-order valence-electron chi connectivity index (χ4n) is 10.1. The zero-order valence-electron chi connectivity index (χ0n) is 48.3. The SMILES string of the molecule is CCCC(N)NC(=O)[C@H](CCCCN)NC(=O)[C@@H](NC(=O)[C@@H]1CCCN1C(=O)[C@H](C)NC(=O)[C@H](CC(=O)O)NC(=O)[C@H](C)NC(=O)[C@@H](NC(=O)[C@H](Cc1ccc(O)cc1)NC(=O)OCC1c2ccccc2-c2ccccc21)C(C)C)C(C)C.